The van der Waals surface area contributed by atoms with Gasteiger partial charge in [0.25, 0.3) is 0 Å². The van der Waals surface area contributed by atoms with Crippen molar-refractivity contribution in [3.8, 4) is 0 Å². The van der Waals surface area contributed by atoms with Crippen molar-refractivity contribution in [3.63, 3.8) is 0 Å². The lowest BCUT2D eigenvalue weighted by Gasteiger charge is -2.32. The highest BCUT2D eigenvalue weighted by atomic mass is 35.5. The number of halogens is 3. The molecule has 1 amide bonds. The van der Waals surface area contributed by atoms with Crippen molar-refractivity contribution >= 4 is 46.4 Å². The van der Waals surface area contributed by atoms with Crippen molar-refractivity contribution in [3.05, 3.63) is 27.2 Å². The van der Waals surface area contributed by atoms with E-state index in [2.05, 4.69) is 5.32 Å². The van der Waals surface area contributed by atoms with Crippen LogP contribution in [0.4, 0.5) is 5.69 Å². The van der Waals surface area contributed by atoms with Crippen LogP contribution < -0.4 is 11.1 Å². The smallest absolute Gasteiger partial charge is 0.244 e. The van der Waals surface area contributed by atoms with Gasteiger partial charge in [0, 0.05) is 5.02 Å². The molecule has 1 aromatic rings. The van der Waals surface area contributed by atoms with Crippen molar-refractivity contribution in [2.24, 2.45) is 5.73 Å². The second-order valence-corrected chi connectivity index (χ2v) is 6.17. The number of nitrogens with one attached hydrogen (secondary N) is 1. The van der Waals surface area contributed by atoms with E-state index in [0.717, 1.165) is 19.3 Å². The summed E-state index contributed by atoms with van der Waals surface area (Å²) in [7, 11) is 0. The van der Waals surface area contributed by atoms with Crippen LogP contribution in [0.15, 0.2) is 12.1 Å². The molecule has 104 valence electrons. The number of nitrogens with two attached hydrogens (primary N) is 1. The predicted molar refractivity (Wildman–Crippen MR) is 80.1 cm³/mol. The molecule has 2 rings (SSSR count). The van der Waals surface area contributed by atoms with E-state index in [-0.39, 0.29) is 5.91 Å². The maximum Gasteiger partial charge on any atom is 0.244 e. The van der Waals surface area contributed by atoms with E-state index >= 15 is 0 Å². The molecule has 1 fully saturated rings. The van der Waals surface area contributed by atoms with Crippen LogP contribution in [0.25, 0.3) is 0 Å². The van der Waals surface area contributed by atoms with E-state index < -0.39 is 5.54 Å². The van der Waals surface area contributed by atoms with Gasteiger partial charge in [-0.2, -0.15) is 0 Å². The van der Waals surface area contributed by atoms with Gasteiger partial charge in [0.15, 0.2) is 0 Å². The molecule has 3 nitrogen and oxygen atoms in total. The van der Waals surface area contributed by atoms with Crippen LogP contribution in [-0.2, 0) is 4.79 Å². The third-order valence-corrected chi connectivity index (χ3v) is 4.26. The average Bonchev–Trinajstić information content (AvgIpc) is 2.34. The van der Waals surface area contributed by atoms with Crippen LogP contribution >= 0.6 is 34.8 Å². The summed E-state index contributed by atoms with van der Waals surface area (Å²) in [5.41, 5.74) is 5.70. The third kappa shape index (κ3) is 3.34. The molecular formula is C13H15Cl3N2O. The van der Waals surface area contributed by atoms with Gasteiger partial charge < -0.3 is 11.1 Å². The summed E-state index contributed by atoms with van der Waals surface area (Å²) in [6, 6.07) is 3.07. The van der Waals surface area contributed by atoms with Crippen LogP contribution in [0, 0.1) is 0 Å². The fourth-order valence-corrected chi connectivity index (χ4v) is 3.22. The number of carbonyl (C=O) groups excluding carboxylic acids is 1. The Morgan fingerprint density at radius 1 is 1.11 bits per heavy atom. The molecule has 0 radical (unpaired) electrons. The predicted octanol–water partition coefficient (Wildman–Crippen LogP) is 4.25. The largest absolute Gasteiger partial charge is 0.322 e. The number of anilines is 1. The minimum atomic E-state index is -0.829. The van der Waals surface area contributed by atoms with Gasteiger partial charge in [-0.1, -0.05) is 54.1 Å². The van der Waals surface area contributed by atoms with E-state index in [1.807, 2.05) is 0 Å². The number of amides is 1. The van der Waals surface area contributed by atoms with Crippen molar-refractivity contribution in [1.82, 2.24) is 0 Å². The summed E-state index contributed by atoms with van der Waals surface area (Å²) in [6.07, 6.45) is 4.41. The van der Waals surface area contributed by atoms with Crippen molar-refractivity contribution in [1.29, 1.82) is 0 Å². The SMILES string of the molecule is NC1(C(=O)Nc2c(Cl)cc(Cl)cc2Cl)CCCCC1. The van der Waals surface area contributed by atoms with Gasteiger partial charge >= 0.3 is 0 Å². The molecule has 0 aliphatic heterocycles. The minimum Gasteiger partial charge on any atom is -0.322 e. The molecule has 1 aliphatic rings. The second-order valence-electron chi connectivity index (χ2n) is 4.92. The molecule has 6 heteroatoms. The number of rotatable bonds is 2. The Hall–Kier alpha value is -0.480. The Morgan fingerprint density at radius 3 is 2.16 bits per heavy atom. The van der Waals surface area contributed by atoms with Crippen molar-refractivity contribution in [2.75, 3.05) is 5.32 Å². The highest BCUT2D eigenvalue weighted by Crippen LogP contribution is 2.35. The standard InChI is InChI=1S/C13H15Cl3N2O/c14-8-6-9(15)11(10(16)7-8)18-12(19)13(17)4-2-1-3-5-13/h6-7H,1-5,17H2,(H,18,19). The zero-order valence-corrected chi connectivity index (χ0v) is 12.6. The van der Waals surface area contributed by atoms with Crippen LogP contribution in [0.1, 0.15) is 32.1 Å². The molecule has 0 heterocycles. The van der Waals surface area contributed by atoms with Crippen LogP contribution in [0.2, 0.25) is 15.1 Å². The minimum absolute atomic E-state index is 0.238. The van der Waals surface area contributed by atoms with Crippen LogP contribution in [0.5, 0.6) is 0 Å². The van der Waals surface area contributed by atoms with E-state index in [9.17, 15) is 4.79 Å². The molecule has 1 saturated carbocycles. The topological polar surface area (TPSA) is 55.1 Å². The van der Waals surface area contributed by atoms with E-state index in [1.165, 1.54) is 12.1 Å². The molecule has 19 heavy (non-hydrogen) atoms. The molecule has 0 saturated heterocycles. The molecule has 0 bridgehead atoms. The molecule has 0 spiro atoms. The van der Waals surface area contributed by atoms with Gasteiger partial charge in [-0.15, -0.1) is 0 Å². The van der Waals surface area contributed by atoms with Crippen LogP contribution in [0.3, 0.4) is 0 Å². The van der Waals surface area contributed by atoms with E-state index in [0.29, 0.717) is 33.6 Å². The van der Waals surface area contributed by atoms with Gasteiger partial charge in [-0.05, 0) is 25.0 Å². The molecule has 1 aliphatic carbocycles. The molecule has 0 unspecified atom stereocenters. The molecular weight excluding hydrogens is 307 g/mol. The van der Waals surface area contributed by atoms with Gasteiger partial charge in [0.2, 0.25) is 5.91 Å². The summed E-state index contributed by atoms with van der Waals surface area (Å²) in [5, 5.41) is 3.77. The zero-order valence-electron chi connectivity index (χ0n) is 10.3. The number of benzene rings is 1. The maximum atomic E-state index is 12.3. The zero-order chi connectivity index (χ0) is 14.0. The lowest BCUT2D eigenvalue weighted by atomic mass is 9.82. The van der Waals surface area contributed by atoms with Crippen LogP contribution in [-0.4, -0.2) is 11.4 Å². The van der Waals surface area contributed by atoms with Gasteiger partial charge in [-0.25, -0.2) is 0 Å². The molecule has 1 aromatic carbocycles. The average molecular weight is 322 g/mol. The Labute approximate surface area is 127 Å². The monoisotopic (exact) mass is 320 g/mol. The lowest BCUT2D eigenvalue weighted by Crippen LogP contribution is -2.52. The Kier molecular flexibility index (Phi) is 4.62. The first-order valence-electron chi connectivity index (χ1n) is 6.17. The van der Waals surface area contributed by atoms with Gasteiger partial charge in [-0.3, -0.25) is 4.79 Å². The second kappa shape index (κ2) is 5.88. The van der Waals surface area contributed by atoms with E-state index in [1.54, 1.807) is 0 Å². The Morgan fingerprint density at radius 2 is 1.63 bits per heavy atom. The normalized spacial score (nSPS) is 18.1. The fraction of sp³-hybridized carbons (Fsp3) is 0.462. The summed E-state index contributed by atoms with van der Waals surface area (Å²) >= 11 is 17.9. The first-order valence-corrected chi connectivity index (χ1v) is 7.31. The first-order chi connectivity index (χ1) is 8.92. The van der Waals surface area contributed by atoms with Gasteiger partial charge in [0.1, 0.15) is 0 Å². The maximum absolute atomic E-state index is 12.3. The number of hydrogen-bond donors (Lipinski definition) is 2. The Bertz CT molecular complexity index is 476. The van der Waals surface area contributed by atoms with E-state index in [4.69, 9.17) is 40.5 Å². The van der Waals surface area contributed by atoms with Crippen molar-refractivity contribution < 1.29 is 4.79 Å². The summed E-state index contributed by atoms with van der Waals surface area (Å²) in [4.78, 5) is 12.3. The van der Waals surface area contributed by atoms with Gasteiger partial charge in [0.05, 0.1) is 21.3 Å². The highest BCUT2D eigenvalue weighted by Gasteiger charge is 2.35. The summed E-state index contributed by atoms with van der Waals surface area (Å²) in [5.74, 6) is -0.238. The third-order valence-electron chi connectivity index (χ3n) is 3.44. The number of carbonyl (C=O) groups is 1. The molecule has 0 atom stereocenters. The molecule has 0 aromatic heterocycles. The summed E-state index contributed by atoms with van der Waals surface area (Å²) < 4.78 is 0. The Balaban J connectivity index is 2.19. The van der Waals surface area contributed by atoms with Crippen molar-refractivity contribution in [2.45, 2.75) is 37.6 Å². The summed E-state index contributed by atoms with van der Waals surface area (Å²) in [6.45, 7) is 0. The quantitative estimate of drug-likeness (QED) is 0.855. The first kappa shape index (κ1) is 14.9. The fourth-order valence-electron chi connectivity index (χ4n) is 2.31. The molecule has 3 N–H and O–H groups in total. The number of hydrogen-bond acceptors (Lipinski definition) is 2. The lowest BCUT2D eigenvalue weighted by molar-refractivity contribution is -0.122. The highest BCUT2D eigenvalue weighted by molar-refractivity contribution is 6.42.